The third-order valence-electron chi connectivity index (χ3n) is 3.47. The van der Waals surface area contributed by atoms with E-state index in [9.17, 15) is 13.2 Å². The summed E-state index contributed by atoms with van der Waals surface area (Å²) in [4.78, 5) is 11.3. The van der Waals surface area contributed by atoms with Gasteiger partial charge in [0.1, 0.15) is 6.33 Å². The first-order chi connectivity index (χ1) is 9.98. The highest BCUT2D eigenvalue weighted by Crippen LogP contribution is 2.32. The minimum Gasteiger partial charge on any atom is -0.352 e. The molecule has 0 radical (unpaired) electrons. The van der Waals surface area contributed by atoms with E-state index in [0.717, 1.165) is 16.4 Å². The number of alkyl halides is 3. The molecule has 2 heterocycles. The molecule has 2 aromatic heterocycles. The van der Waals surface area contributed by atoms with Crippen molar-refractivity contribution in [2.45, 2.75) is 18.6 Å². The van der Waals surface area contributed by atoms with Crippen LogP contribution in [0.3, 0.4) is 0 Å². The number of nitrogens with zero attached hydrogens (tertiary/aromatic N) is 2. The van der Waals surface area contributed by atoms with Crippen LogP contribution in [0.25, 0.3) is 21.9 Å². The van der Waals surface area contributed by atoms with E-state index in [4.69, 9.17) is 0 Å². The highest BCUT2D eigenvalue weighted by molar-refractivity contribution is 6.04. The fourth-order valence-electron chi connectivity index (χ4n) is 2.48. The summed E-state index contributed by atoms with van der Waals surface area (Å²) < 4.78 is 37.9. The van der Waals surface area contributed by atoms with Crippen molar-refractivity contribution in [2.24, 2.45) is 0 Å². The first-order valence-electron chi connectivity index (χ1n) is 6.43. The van der Waals surface area contributed by atoms with Crippen LogP contribution in [0, 0.1) is 0 Å². The molecule has 0 bridgehead atoms. The minimum absolute atomic E-state index is 0.585. The van der Waals surface area contributed by atoms with Crippen molar-refractivity contribution in [2.75, 3.05) is 7.05 Å². The lowest BCUT2D eigenvalue weighted by Gasteiger charge is -2.18. The molecule has 0 amide bonds. The summed E-state index contributed by atoms with van der Waals surface area (Å²) in [5.74, 6) is 0. The van der Waals surface area contributed by atoms with Gasteiger partial charge in [0.25, 0.3) is 0 Å². The normalized spacial score (nSPS) is 13.9. The molecule has 0 saturated heterocycles. The number of aromatic nitrogens is 3. The second-order valence-corrected chi connectivity index (χ2v) is 4.88. The molecule has 110 valence electrons. The summed E-state index contributed by atoms with van der Waals surface area (Å²) in [5, 5.41) is 3.52. The summed E-state index contributed by atoms with van der Waals surface area (Å²) in [5.41, 5.74) is 2.89. The number of fused-ring (bicyclic) bond motifs is 3. The Bertz CT molecular complexity index is 779. The van der Waals surface area contributed by atoms with E-state index in [1.54, 1.807) is 24.4 Å². The Morgan fingerprint density at radius 2 is 2.10 bits per heavy atom. The summed E-state index contributed by atoms with van der Waals surface area (Å²) in [6.45, 7) is 0. The van der Waals surface area contributed by atoms with Crippen molar-refractivity contribution in [1.82, 2.24) is 20.3 Å². The largest absolute Gasteiger partial charge is 0.390 e. The maximum Gasteiger partial charge on any atom is 0.390 e. The molecule has 7 heteroatoms. The SMILES string of the molecule is CNC(CC(F)(F)F)c1ccc2[nH]c3cncnc3c2c1. The molecule has 3 rings (SSSR count). The number of H-pyrrole nitrogens is 1. The number of benzene rings is 1. The molecule has 3 aromatic rings. The molecule has 0 fully saturated rings. The summed E-state index contributed by atoms with van der Waals surface area (Å²) in [6.07, 6.45) is -2.06. The third kappa shape index (κ3) is 2.69. The van der Waals surface area contributed by atoms with E-state index in [2.05, 4.69) is 20.3 Å². The van der Waals surface area contributed by atoms with E-state index >= 15 is 0 Å². The molecule has 21 heavy (non-hydrogen) atoms. The lowest BCUT2D eigenvalue weighted by Crippen LogP contribution is -2.23. The number of hydrogen-bond acceptors (Lipinski definition) is 3. The van der Waals surface area contributed by atoms with Crippen LogP contribution in [-0.4, -0.2) is 28.2 Å². The Kier molecular flexibility index (Phi) is 3.29. The number of nitrogens with one attached hydrogen (secondary N) is 2. The van der Waals surface area contributed by atoms with Crippen LogP contribution < -0.4 is 5.32 Å². The van der Waals surface area contributed by atoms with Gasteiger partial charge in [0.2, 0.25) is 0 Å². The fourth-order valence-corrected chi connectivity index (χ4v) is 2.48. The maximum absolute atomic E-state index is 12.6. The summed E-state index contributed by atoms with van der Waals surface area (Å²) in [7, 11) is 1.53. The van der Waals surface area contributed by atoms with E-state index in [0.29, 0.717) is 11.1 Å². The zero-order chi connectivity index (χ0) is 15.0. The van der Waals surface area contributed by atoms with Gasteiger partial charge in [-0.3, -0.25) is 0 Å². The smallest absolute Gasteiger partial charge is 0.352 e. The van der Waals surface area contributed by atoms with Crippen LogP contribution in [0.2, 0.25) is 0 Å². The van der Waals surface area contributed by atoms with E-state index < -0.39 is 18.6 Å². The molecule has 0 aliphatic rings. The van der Waals surface area contributed by atoms with Gasteiger partial charge in [-0.25, -0.2) is 9.97 Å². The first kappa shape index (κ1) is 13.8. The zero-order valence-corrected chi connectivity index (χ0v) is 11.2. The molecular weight excluding hydrogens is 281 g/mol. The van der Waals surface area contributed by atoms with Gasteiger partial charge in [-0.15, -0.1) is 0 Å². The number of aromatic amines is 1. The second-order valence-electron chi connectivity index (χ2n) is 4.88. The van der Waals surface area contributed by atoms with E-state index in [1.807, 2.05) is 0 Å². The molecule has 1 unspecified atom stereocenters. The molecule has 0 aliphatic carbocycles. The van der Waals surface area contributed by atoms with Gasteiger partial charge in [0.05, 0.1) is 23.7 Å². The Hall–Kier alpha value is -2.15. The summed E-state index contributed by atoms with van der Waals surface area (Å²) >= 11 is 0. The molecule has 4 nitrogen and oxygen atoms in total. The standard InChI is InChI=1S/C14H13F3N4/c1-18-11(5-14(15,16)17)8-2-3-10-9(4-8)13-12(21-10)6-19-7-20-13/h2-4,6-7,11,18,21H,5H2,1H3. The van der Waals surface area contributed by atoms with Crippen molar-refractivity contribution in [1.29, 1.82) is 0 Å². The molecule has 0 saturated carbocycles. The molecule has 0 aliphatic heterocycles. The lowest BCUT2D eigenvalue weighted by atomic mass is 10.0. The van der Waals surface area contributed by atoms with Gasteiger partial charge < -0.3 is 10.3 Å². The Labute approximate surface area is 118 Å². The van der Waals surface area contributed by atoms with Crippen molar-refractivity contribution >= 4 is 21.9 Å². The minimum atomic E-state index is -4.22. The van der Waals surface area contributed by atoms with Gasteiger partial charge in [-0.1, -0.05) is 6.07 Å². The van der Waals surface area contributed by atoms with Gasteiger partial charge in [-0.05, 0) is 24.7 Å². The zero-order valence-electron chi connectivity index (χ0n) is 11.2. The van der Waals surface area contributed by atoms with Crippen LogP contribution in [0.5, 0.6) is 0 Å². The number of hydrogen-bond donors (Lipinski definition) is 2. The fraction of sp³-hybridized carbons (Fsp3) is 0.286. The van der Waals surface area contributed by atoms with Gasteiger partial charge in [-0.2, -0.15) is 13.2 Å². The second kappa shape index (κ2) is 5.00. The van der Waals surface area contributed by atoms with Gasteiger partial charge in [0, 0.05) is 16.9 Å². The molecular formula is C14H13F3N4. The summed E-state index contributed by atoms with van der Waals surface area (Å²) in [6, 6.07) is 4.43. The molecule has 1 aromatic carbocycles. The molecule has 1 atom stereocenters. The van der Waals surface area contributed by atoms with Gasteiger partial charge in [0.15, 0.2) is 0 Å². The van der Waals surface area contributed by atoms with Crippen molar-refractivity contribution in [3.05, 3.63) is 36.3 Å². The van der Waals surface area contributed by atoms with Crippen LogP contribution in [0.1, 0.15) is 18.0 Å². The maximum atomic E-state index is 12.6. The third-order valence-corrected chi connectivity index (χ3v) is 3.47. The predicted molar refractivity (Wildman–Crippen MR) is 73.9 cm³/mol. The number of halogens is 3. The predicted octanol–water partition coefficient (Wildman–Crippen LogP) is 3.32. The topological polar surface area (TPSA) is 53.6 Å². The lowest BCUT2D eigenvalue weighted by molar-refractivity contribution is -0.140. The highest BCUT2D eigenvalue weighted by Gasteiger charge is 2.32. The van der Waals surface area contributed by atoms with Crippen LogP contribution in [0.4, 0.5) is 13.2 Å². The average molecular weight is 294 g/mol. The van der Waals surface area contributed by atoms with Crippen molar-refractivity contribution < 1.29 is 13.2 Å². The van der Waals surface area contributed by atoms with Crippen molar-refractivity contribution in [3.8, 4) is 0 Å². The quantitative estimate of drug-likeness (QED) is 0.779. The number of rotatable bonds is 3. The van der Waals surface area contributed by atoms with Crippen LogP contribution in [-0.2, 0) is 0 Å². The van der Waals surface area contributed by atoms with E-state index in [1.165, 1.54) is 13.4 Å². The average Bonchev–Trinajstić information content (AvgIpc) is 2.81. The molecule has 0 spiro atoms. The van der Waals surface area contributed by atoms with Gasteiger partial charge >= 0.3 is 6.18 Å². The Balaban J connectivity index is 2.09. The Morgan fingerprint density at radius 3 is 2.81 bits per heavy atom. The van der Waals surface area contributed by atoms with Crippen molar-refractivity contribution in [3.63, 3.8) is 0 Å². The first-order valence-corrected chi connectivity index (χ1v) is 6.43. The molecule has 2 N–H and O–H groups in total. The Morgan fingerprint density at radius 1 is 1.29 bits per heavy atom. The van der Waals surface area contributed by atoms with Crippen LogP contribution >= 0.6 is 0 Å². The van der Waals surface area contributed by atoms with Crippen LogP contribution in [0.15, 0.2) is 30.7 Å². The monoisotopic (exact) mass is 294 g/mol. The van der Waals surface area contributed by atoms with E-state index in [-0.39, 0.29) is 0 Å². The highest BCUT2D eigenvalue weighted by atomic mass is 19.4.